The van der Waals surface area contributed by atoms with Crippen molar-refractivity contribution in [1.29, 1.82) is 0 Å². The maximum Gasteiger partial charge on any atom is 0.417 e. The van der Waals surface area contributed by atoms with Crippen LogP contribution in [0.4, 0.5) is 24.5 Å². The molecule has 0 saturated carbocycles. The molecule has 2 aromatic carbocycles. The lowest BCUT2D eigenvalue weighted by Gasteiger charge is -2.21. The molecule has 0 saturated heterocycles. The molecular weight excluding hydrogens is 1070 g/mol. The average molecular weight is 1130 g/mol. The van der Waals surface area contributed by atoms with Crippen LogP contribution in [-0.2, 0) is 45.3 Å². The van der Waals surface area contributed by atoms with E-state index in [9.17, 15) is 59.4 Å². The van der Waals surface area contributed by atoms with Gasteiger partial charge in [0.05, 0.1) is 65.9 Å². The van der Waals surface area contributed by atoms with Gasteiger partial charge in [-0.1, -0.05) is 47.6 Å². The molecule has 0 spiro atoms. The van der Waals surface area contributed by atoms with Crippen molar-refractivity contribution in [3.63, 3.8) is 0 Å². The number of anilines is 2. The molecule has 2 atom stereocenters. The van der Waals surface area contributed by atoms with Crippen LogP contribution >= 0.6 is 0 Å². The Morgan fingerprint density at radius 3 is 1.44 bits per heavy atom. The highest BCUT2D eigenvalue weighted by molar-refractivity contribution is 7.95. The summed E-state index contributed by atoms with van der Waals surface area (Å²) in [5.74, 6) is -4.80. The molecule has 0 radical (unpaired) electrons. The number of phenols is 2. The Bertz CT molecular complexity index is 3300. The Morgan fingerprint density at radius 2 is 1.08 bits per heavy atom. The van der Waals surface area contributed by atoms with E-state index in [-0.39, 0.29) is 53.5 Å². The highest BCUT2D eigenvalue weighted by Crippen LogP contribution is 2.41. The first-order valence-electron chi connectivity index (χ1n) is 24.4. The number of aromatic hydroxyl groups is 2. The van der Waals surface area contributed by atoms with Gasteiger partial charge in [0.15, 0.2) is 23.2 Å². The monoisotopic (exact) mass is 1130 g/mol. The van der Waals surface area contributed by atoms with Gasteiger partial charge in [-0.05, 0) is 86.1 Å². The molecule has 6 N–H and O–H groups in total. The SMILES string of the molecule is CCOC(=O)C1=C(N[C@H](CC)c2cc(C(C)C)co2)C(Nc2ccc(C(F)(F)F)c(C(=O)N(C)C)c2O)=NS1(=O)=O.CCOC(=O)C1=C(N[C@H](CC)c2cc(C(C)C)co2)C(Nc2cccc(C(=O)N(C)C)c2O)=NS1(=O)=O. The van der Waals surface area contributed by atoms with E-state index in [0.717, 1.165) is 22.1 Å². The van der Waals surface area contributed by atoms with E-state index in [0.29, 0.717) is 30.4 Å². The number of amides is 2. The van der Waals surface area contributed by atoms with Crippen LogP contribution in [0.1, 0.15) is 141 Å². The molecule has 2 aromatic heterocycles. The Balaban J connectivity index is 0.000000289. The summed E-state index contributed by atoms with van der Waals surface area (Å²) in [7, 11) is -3.61. The molecule has 2 aliphatic heterocycles. The zero-order valence-electron chi connectivity index (χ0n) is 44.9. The van der Waals surface area contributed by atoms with Gasteiger partial charge in [0, 0.05) is 28.2 Å². The molecule has 0 aliphatic carbocycles. The fraction of sp³-hybridized carbons (Fsp3) is 0.412. The zero-order chi connectivity index (χ0) is 58.4. The number of nitrogens with zero attached hydrogens (tertiary/aromatic N) is 4. The number of halogens is 3. The van der Waals surface area contributed by atoms with Gasteiger partial charge in [0.2, 0.25) is 9.81 Å². The van der Waals surface area contributed by atoms with Crippen molar-refractivity contribution in [3.8, 4) is 11.5 Å². The van der Waals surface area contributed by atoms with Crippen LogP contribution in [0.3, 0.4) is 0 Å². The maximum absolute atomic E-state index is 13.7. The summed E-state index contributed by atoms with van der Waals surface area (Å²) in [5.41, 5.74) is -1.52. The summed E-state index contributed by atoms with van der Waals surface area (Å²) >= 11 is 0. The van der Waals surface area contributed by atoms with E-state index in [2.05, 4.69) is 30.1 Å². The molecule has 78 heavy (non-hydrogen) atoms. The number of amidine groups is 2. The molecule has 22 nitrogen and oxygen atoms in total. The van der Waals surface area contributed by atoms with Gasteiger partial charge in [-0.2, -0.15) is 30.0 Å². The largest absolute Gasteiger partial charge is 0.505 e. The molecule has 4 aromatic rings. The van der Waals surface area contributed by atoms with Gasteiger partial charge in [0.25, 0.3) is 31.9 Å². The van der Waals surface area contributed by atoms with Gasteiger partial charge < -0.3 is 59.6 Å². The van der Waals surface area contributed by atoms with Crippen molar-refractivity contribution in [1.82, 2.24) is 20.4 Å². The number of nitrogens with one attached hydrogen (secondary N) is 4. The fourth-order valence-electron chi connectivity index (χ4n) is 7.63. The number of benzene rings is 2. The van der Waals surface area contributed by atoms with Gasteiger partial charge in [0.1, 0.15) is 22.9 Å². The van der Waals surface area contributed by atoms with E-state index < -0.39 is 106 Å². The number of phenolic OH excluding ortho intramolecular Hbond substituents is 2. The first kappa shape index (κ1) is 61.0. The maximum atomic E-state index is 13.7. The number of hydrogen-bond donors (Lipinski definition) is 6. The van der Waals surface area contributed by atoms with Crippen LogP contribution in [0.25, 0.3) is 0 Å². The number of ether oxygens (including phenoxy) is 2. The number of alkyl halides is 3. The predicted octanol–water partition coefficient (Wildman–Crippen LogP) is 7.98. The minimum Gasteiger partial charge on any atom is -0.505 e. The summed E-state index contributed by atoms with van der Waals surface area (Å²) in [6.45, 7) is 14.4. The van der Waals surface area contributed by atoms with Crippen molar-refractivity contribution >= 4 is 66.8 Å². The van der Waals surface area contributed by atoms with Gasteiger partial charge in [-0.25, -0.2) is 9.59 Å². The zero-order valence-corrected chi connectivity index (χ0v) is 46.5. The molecule has 424 valence electrons. The Labute approximate surface area is 449 Å². The number of rotatable bonds is 18. The quantitative estimate of drug-likeness (QED) is 0.0406. The van der Waals surface area contributed by atoms with Gasteiger partial charge in [-0.15, -0.1) is 8.80 Å². The van der Waals surface area contributed by atoms with E-state index in [1.54, 1.807) is 32.4 Å². The first-order valence-corrected chi connectivity index (χ1v) is 27.3. The predicted molar refractivity (Wildman–Crippen MR) is 282 cm³/mol. The highest BCUT2D eigenvalue weighted by Gasteiger charge is 2.43. The highest BCUT2D eigenvalue weighted by atomic mass is 32.2. The Hall–Kier alpha value is -7.81. The summed E-state index contributed by atoms with van der Waals surface area (Å²) in [6.07, 6.45) is -0.968. The normalized spacial score (nSPS) is 15.4. The number of esters is 2. The number of carbonyl (C=O) groups is 4. The average Bonchev–Trinajstić information content (AvgIpc) is 4.16. The van der Waals surface area contributed by atoms with Gasteiger partial charge in [-0.3, -0.25) is 9.59 Å². The number of carbonyl (C=O) groups excluding carboxylic acids is 4. The lowest BCUT2D eigenvalue weighted by atomic mass is 10.0. The molecule has 4 heterocycles. The second-order valence-electron chi connectivity index (χ2n) is 18.5. The fourth-order valence-corrected chi connectivity index (χ4v) is 9.93. The molecule has 0 unspecified atom stereocenters. The molecule has 0 fully saturated rings. The second kappa shape index (κ2) is 24.7. The lowest BCUT2D eigenvalue weighted by Crippen LogP contribution is -2.30. The van der Waals surface area contributed by atoms with E-state index >= 15 is 0 Å². The molecule has 0 bridgehead atoms. The minimum absolute atomic E-state index is 0.00351. The van der Waals surface area contributed by atoms with E-state index in [1.165, 1.54) is 58.2 Å². The third-order valence-corrected chi connectivity index (χ3v) is 14.4. The van der Waals surface area contributed by atoms with Crippen LogP contribution in [0.2, 0.25) is 0 Å². The number of sulfonamides is 2. The topological polar surface area (TPSA) is 301 Å². The molecule has 6 rings (SSSR count). The van der Waals surface area contributed by atoms with Crippen molar-refractivity contribution in [2.24, 2.45) is 8.80 Å². The standard InChI is InChI=1S/C26H31F3N4O7S.C25H32N4O7S/c1-7-16(18-11-14(12-40-18)13(3)4)30-20-22(25(36)39-8-2)41(37,38)32-23(20)31-17-10-9-15(26(27,28)29)19(21(17)34)24(35)33(5)6;1-7-17(19-12-15(13-36-19)14(3)4)26-20-22(25(32)35-8-2)37(33,34)28-23(20)27-18-11-9-10-16(21(18)30)24(31)29(5)6/h9-13,16,30,34H,7-8H2,1-6H3,(H,31,32);9-14,17,26,30H,7-8H2,1-6H3,(H,27,28)/t16-;17-/m11/s1. The smallest absolute Gasteiger partial charge is 0.417 e. The molecule has 2 amide bonds. The summed E-state index contributed by atoms with van der Waals surface area (Å²) in [6, 6.07) is 8.25. The van der Waals surface area contributed by atoms with Crippen molar-refractivity contribution in [3.05, 3.63) is 116 Å². The van der Waals surface area contributed by atoms with Gasteiger partial charge >= 0.3 is 18.1 Å². The summed E-state index contributed by atoms with van der Waals surface area (Å²) in [5, 5.41) is 32.8. The summed E-state index contributed by atoms with van der Waals surface area (Å²) < 4.78 is 122. The van der Waals surface area contributed by atoms with E-state index in [4.69, 9.17) is 18.3 Å². The second-order valence-corrected chi connectivity index (χ2v) is 21.6. The number of furan rings is 2. The van der Waals surface area contributed by atoms with Crippen molar-refractivity contribution in [2.75, 3.05) is 52.0 Å². The van der Waals surface area contributed by atoms with Crippen LogP contribution in [0.15, 0.2) is 93.8 Å². The number of hydrogen-bond acceptors (Lipinski definition) is 18. The van der Waals surface area contributed by atoms with Crippen molar-refractivity contribution < 1.29 is 77.7 Å². The number of para-hydroxylation sites is 1. The van der Waals surface area contributed by atoms with Crippen LogP contribution in [-0.4, -0.2) is 114 Å². The lowest BCUT2D eigenvalue weighted by molar-refractivity contribution is -0.138. The van der Waals surface area contributed by atoms with E-state index in [1.807, 2.05) is 40.7 Å². The summed E-state index contributed by atoms with van der Waals surface area (Å²) in [4.78, 5) is 51.2. The minimum atomic E-state index is -4.98. The Morgan fingerprint density at radius 1 is 0.654 bits per heavy atom. The third-order valence-electron chi connectivity index (χ3n) is 11.8. The van der Waals surface area contributed by atoms with Crippen molar-refractivity contribution in [2.45, 2.75) is 98.3 Å². The Kier molecular flexibility index (Phi) is 19.3. The molecular formula is C51H63F3N8O14S2. The van der Waals surface area contributed by atoms with Crippen LogP contribution in [0, 0.1) is 0 Å². The third kappa shape index (κ3) is 13.5. The molecule has 27 heteroatoms. The van der Waals surface area contributed by atoms with Crippen LogP contribution in [0.5, 0.6) is 11.5 Å². The molecule has 2 aliphatic rings. The first-order chi connectivity index (χ1) is 36.4. The van der Waals surface area contributed by atoms with Crippen LogP contribution < -0.4 is 21.3 Å².